The number of benzene rings is 1. The van der Waals surface area contributed by atoms with Crippen LogP contribution in [0.15, 0.2) is 36.5 Å². The van der Waals surface area contributed by atoms with Crippen molar-refractivity contribution in [2.45, 2.75) is 19.9 Å². The number of aromatic nitrogens is 2. The molecule has 4 heteroatoms. The number of ether oxygens (including phenoxy) is 1. The molecule has 0 saturated carbocycles. The standard InChI is InChI=1S/C13H15N3O/c1-2-10-4-3-5-12(8-10)17-13-11(9-14)6-7-15-16-13/h3-8H,2,9,14H2,1H3. The predicted molar refractivity (Wildman–Crippen MR) is 65.8 cm³/mol. The Balaban J connectivity index is 2.24. The minimum absolute atomic E-state index is 0.387. The van der Waals surface area contributed by atoms with Gasteiger partial charge in [0, 0.05) is 12.1 Å². The molecule has 88 valence electrons. The van der Waals surface area contributed by atoms with Crippen molar-refractivity contribution in [1.29, 1.82) is 0 Å². The van der Waals surface area contributed by atoms with Gasteiger partial charge < -0.3 is 10.5 Å². The van der Waals surface area contributed by atoms with Crippen LogP contribution in [0, 0.1) is 0 Å². The molecule has 2 rings (SSSR count). The highest BCUT2D eigenvalue weighted by Crippen LogP contribution is 2.22. The molecule has 0 aliphatic heterocycles. The Morgan fingerprint density at radius 1 is 1.29 bits per heavy atom. The maximum absolute atomic E-state index is 5.69. The molecule has 0 aliphatic rings. The van der Waals surface area contributed by atoms with E-state index in [-0.39, 0.29) is 0 Å². The molecule has 0 fully saturated rings. The molecule has 0 bridgehead atoms. The maximum Gasteiger partial charge on any atom is 0.243 e. The second-order valence-corrected chi connectivity index (χ2v) is 3.67. The van der Waals surface area contributed by atoms with Crippen LogP contribution in [0.2, 0.25) is 0 Å². The summed E-state index contributed by atoms with van der Waals surface area (Å²) in [7, 11) is 0. The SMILES string of the molecule is CCc1cccc(Oc2nnccc2CN)c1. The van der Waals surface area contributed by atoms with Crippen LogP contribution in [0.5, 0.6) is 11.6 Å². The van der Waals surface area contributed by atoms with Gasteiger partial charge in [0.15, 0.2) is 0 Å². The zero-order chi connectivity index (χ0) is 12.1. The molecule has 0 spiro atoms. The molecule has 2 aromatic rings. The van der Waals surface area contributed by atoms with Crippen LogP contribution in [-0.4, -0.2) is 10.2 Å². The smallest absolute Gasteiger partial charge is 0.243 e. The lowest BCUT2D eigenvalue weighted by Crippen LogP contribution is -2.02. The highest BCUT2D eigenvalue weighted by atomic mass is 16.5. The van der Waals surface area contributed by atoms with E-state index in [0.717, 1.165) is 17.7 Å². The topological polar surface area (TPSA) is 61.0 Å². The van der Waals surface area contributed by atoms with Crippen molar-refractivity contribution in [3.63, 3.8) is 0 Å². The maximum atomic E-state index is 5.69. The molecule has 0 radical (unpaired) electrons. The van der Waals surface area contributed by atoms with Crippen molar-refractivity contribution in [1.82, 2.24) is 10.2 Å². The van der Waals surface area contributed by atoms with E-state index >= 15 is 0 Å². The van der Waals surface area contributed by atoms with Gasteiger partial charge in [-0.15, -0.1) is 5.10 Å². The zero-order valence-corrected chi connectivity index (χ0v) is 9.76. The monoisotopic (exact) mass is 229 g/mol. The molecule has 1 aromatic heterocycles. The minimum atomic E-state index is 0.387. The molecule has 1 heterocycles. The first-order valence-electron chi connectivity index (χ1n) is 5.61. The predicted octanol–water partition coefficient (Wildman–Crippen LogP) is 2.29. The third-order valence-electron chi connectivity index (χ3n) is 2.51. The summed E-state index contributed by atoms with van der Waals surface area (Å²) in [5, 5.41) is 7.75. The summed E-state index contributed by atoms with van der Waals surface area (Å²) in [4.78, 5) is 0. The molecular weight excluding hydrogens is 214 g/mol. The fraction of sp³-hybridized carbons (Fsp3) is 0.231. The number of rotatable bonds is 4. The fourth-order valence-electron chi connectivity index (χ4n) is 1.53. The van der Waals surface area contributed by atoms with Gasteiger partial charge in [0.25, 0.3) is 0 Å². The van der Waals surface area contributed by atoms with E-state index in [1.807, 2.05) is 24.3 Å². The van der Waals surface area contributed by atoms with Crippen LogP contribution >= 0.6 is 0 Å². The van der Waals surface area contributed by atoms with E-state index in [9.17, 15) is 0 Å². The summed E-state index contributed by atoms with van der Waals surface area (Å²) in [5.41, 5.74) is 7.68. The number of hydrogen-bond acceptors (Lipinski definition) is 4. The second kappa shape index (κ2) is 5.41. The van der Waals surface area contributed by atoms with E-state index in [0.29, 0.717) is 12.4 Å². The summed E-state index contributed by atoms with van der Waals surface area (Å²) in [6.45, 7) is 2.49. The average molecular weight is 229 g/mol. The summed E-state index contributed by atoms with van der Waals surface area (Å²) in [6.07, 6.45) is 2.58. The van der Waals surface area contributed by atoms with Crippen LogP contribution in [0.25, 0.3) is 0 Å². The van der Waals surface area contributed by atoms with Crippen LogP contribution in [0.4, 0.5) is 0 Å². The first kappa shape index (κ1) is 11.5. The van der Waals surface area contributed by atoms with Gasteiger partial charge in [-0.2, -0.15) is 5.10 Å². The van der Waals surface area contributed by atoms with E-state index in [4.69, 9.17) is 10.5 Å². The highest BCUT2D eigenvalue weighted by Gasteiger charge is 2.05. The fourth-order valence-corrected chi connectivity index (χ4v) is 1.53. The first-order chi connectivity index (χ1) is 8.33. The van der Waals surface area contributed by atoms with Crippen molar-refractivity contribution >= 4 is 0 Å². The normalized spacial score (nSPS) is 10.2. The van der Waals surface area contributed by atoms with E-state index < -0.39 is 0 Å². The molecular formula is C13H15N3O. The third-order valence-corrected chi connectivity index (χ3v) is 2.51. The average Bonchev–Trinajstić information content (AvgIpc) is 2.39. The minimum Gasteiger partial charge on any atom is -0.437 e. The molecule has 2 N–H and O–H groups in total. The van der Waals surface area contributed by atoms with Gasteiger partial charge in [-0.3, -0.25) is 0 Å². The van der Waals surface area contributed by atoms with Crippen molar-refractivity contribution in [3.05, 3.63) is 47.7 Å². The lowest BCUT2D eigenvalue weighted by atomic mass is 10.2. The van der Waals surface area contributed by atoms with Crippen LogP contribution in [-0.2, 0) is 13.0 Å². The van der Waals surface area contributed by atoms with Crippen LogP contribution in [0.3, 0.4) is 0 Å². The van der Waals surface area contributed by atoms with Crippen molar-refractivity contribution in [2.24, 2.45) is 5.73 Å². The Morgan fingerprint density at radius 2 is 2.18 bits per heavy atom. The van der Waals surface area contributed by atoms with Crippen LogP contribution < -0.4 is 10.5 Å². The number of aryl methyl sites for hydroxylation is 1. The van der Waals surface area contributed by atoms with Gasteiger partial charge in [-0.05, 0) is 30.2 Å². The molecule has 0 unspecified atom stereocenters. The molecule has 0 saturated heterocycles. The summed E-state index contributed by atoms with van der Waals surface area (Å²) < 4.78 is 5.69. The number of nitrogens with zero attached hydrogens (tertiary/aromatic N) is 2. The quantitative estimate of drug-likeness (QED) is 0.873. The van der Waals surface area contributed by atoms with Gasteiger partial charge in [0.1, 0.15) is 5.75 Å². The van der Waals surface area contributed by atoms with Crippen molar-refractivity contribution < 1.29 is 4.74 Å². The second-order valence-electron chi connectivity index (χ2n) is 3.67. The molecule has 0 aliphatic carbocycles. The van der Waals surface area contributed by atoms with Gasteiger partial charge >= 0.3 is 0 Å². The zero-order valence-electron chi connectivity index (χ0n) is 9.76. The Bertz CT molecular complexity index is 500. The summed E-state index contributed by atoms with van der Waals surface area (Å²) in [5.74, 6) is 1.24. The van der Waals surface area contributed by atoms with Gasteiger partial charge in [-0.1, -0.05) is 19.1 Å². The third kappa shape index (κ3) is 2.79. The van der Waals surface area contributed by atoms with Crippen molar-refractivity contribution in [2.75, 3.05) is 0 Å². The molecule has 4 nitrogen and oxygen atoms in total. The Hall–Kier alpha value is -1.94. The molecule has 0 amide bonds. The van der Waals surface area contributed by atoms with Gasteiger partial charge in [0.2, 0.25) is 5.88 Å². The lowest BCUT2D eigenvalue weighted by Gasteiger charge is -2.08. The molecule has 1 aromatic carbocycles. The van der Waals surface area contributed by atoms with Gasteiger partial charge in [0.05, 0.1) is 6.20 Å². The van der Waals surface area contributed by atoms with Crippen LogP contribution in [0.1, 0.15) is 18.1 Å². The van der Waals surface area contributed by atoms with E-state index in [1.54, 1.807) is 6.20 Å². The summed E-state index contributed by atoms with van der Waals surface area (Å²) >= 11 is 0. The largest absolute Gasteiger partial charge is 0.437 e. The number of nitrogens with two attached hydrogens (primary N) is 1. The van der Waals surface area contributed by atoms with E-state index in [1.165, 1.54) is 5.56 Å². The Morgan fingerprint density at radius 3 is 2.94 bits per heavy atom. The van der Waals surface area contributed by atoms with Crippen molar-refractivity contribution in [3.8, 4) is 11.6 Å². The molecule has 0 atom stereocenters. The Labute approximate surface area is 100 Å². The Kier molecular flexibility index (Phi) is 3.67. The summed E-state index contributed by atoms with van der Waals surface area (Å²) in [6, 6.07) is 9.73. The number of hydrogen-bond donors (Lipinski definition) is 1. The lowest BCUT2D eigenvalue weighted by molar-refractivity contribution is 0.448. The highest BCUT2D eigenvalue weighted by molar-refractivity contribution is 5.33. The van der Waals surface area contributed by atoms with E-state index in [2.05, 4.69) is 23.2 Å². The molecule has 17 heavy (non-hydrogen) atoms. The first-order valence-corrected chi connectivity index (χ1v) is 5.61. The van der Waals surface area contributed by atoms with Gasteiger partial charge in [-0.25, -0.2) is 0 Å².